The van der Waals surface area contributed by atoms with E-state index >= 15 is 0 Å². The monoisotopic (exact) mass is 293 g/mol. The molecule has 0 bridgehead atoms. The number of aliphatic hydroxyl groups is 1. The van der Waals surface area contributed by atoms with Crippen molar-refractivity contribution in [1.29, 1.82) is 0 Å². The second-order valence-corrected chi connectivity index (χ2v) is 6.47. The van der Waals surface area contributed by atoms with Gasteiger partial charge in [0.15, 0.2) is 0 Å². The van der Waals surface area contributed by atoms with Crippen molar-refractivity contribution in [3.63, 3.8) is 0 Å². The van der Waals surface area contributed by atoms with Crippen LogP contribution >= 0.6 is 0 Å². The van der Waals surface area contributed by atoms with Gasteiger partial charge in [0.2, 0.25) is 0 Å². The molecule has 0 saturated carbocycles. The number of hydrogen-bond acceptors (Lipinski definition) is 4. The van der Waals surface area contributed by atoms with E-state index in [0.717, 1.165) is 0 Å². The third kappa shape index (κ3) is 3.50. The Hall–Kier alpha value is -0.552. The zero-order valence-corrected chi connectivity index (χ0v) is 11.1. The number of nitrogens with one attached hydrogen (secondary N) is 1. The summed E-state index contributed by atoms with van der Waals surface area (Å²) in [5.74, 6) is 0. The molecule has 1 aromatic carbocycles. The molecule has 1 aromatic rings. The quantitative estimate of drug-likeness (QED) is 0.621. The molecule has 2 N–H and O–H groups in total. The van der Waals surface area contributed by atoms with Gasteiger partial charge in [-0.1, -0.05) is 0 Å². The van der Waals surface area contributed by atoms with Crippen molar-refractivity contribution >= 4 is 30.1 Å². The Labute approximate surface area is 94.5 Å². The first-order valence-corrected chi connectivity index (χ1v) is 7.94. The molecule has 0 saturated heterocycles. The Kier molecular flexibility index (Phi) is 4.60. The summed E-state index contributed by atoms with van der Waals surface area (Å²) in [6.07, 6.45) is 0. The minimum absolute atomic E-state index is 0.0124. The van der Waals surface area contributed by atoms with E-state index in [1.54, 1.807) is 12.1 Å². The molecule has 0 fully saturated rings. The van der Waals surface area contributed by atoms with E-state index in [-0.39, 0.29) is 18.0 Å². The second kappa shape index (κ2) is 5.51. The van der Waals surface area contributed by atoms with E-state index in [0.29, 0.717) is 4.35 Å². The zero-order valence-electron chi connectivity index (χ0n) is 7.88. The number of benzene rings is 1. The van der Waals surface area contributed by atoms with Crippen LogP contribution in [0.5, 0.6) is 0 Å². The van der Waals surface area contributed by atoms with Crippen LogP contribution in [0.2, 0.25) is 0 Å². The molecule has 0 amide bonds. The Morgan fingerprint density at radius 1 is 1.27 bits per heavy atom. The molecule has 7 heteroatoms. The van der Waals surface area contributed by atoms with Gasteiger partial charge in [0.25, 0.3) is 0 Å². The summed E-state index contributed by atoms with van der Waals surface area (Å²) in [5, 5.41) is 8.50. The van der Waals surface area contributed by atoms with Gasteiger partial charge in [-0.3, -0.25) is 0 Å². The first-order valence-electron chi connectivity index (χ1n) is 4.26. The first kappa shape index (κ1) is 12.5. The minimum atomic E-state index is -3.54. The van der Waals surface area contributed by atoms with Gasteiger partial charge in [-0.25, -0.2) is 0 Å². The first-order chi connectivity index (χ1) is 7.10. The molecular weight excluding hydrogens is 281 g/mol. The molecular formula is C8H12AsNO4S. The molecule has 0 aromatic heterocycles. The third-order valence-corrected chi connectivity index (χ3v) is 4.59. The van der Waals surface area contributed by atoms with Crippen LogP contribution in [0.25, 0.3) is 0 Å². The third-order valence-electron chi connectivity index (χ3n) is 1.73. The fourth-order valence-corrected chi connectivity index (χ4v) is 2.74. The number of sulfonamides is 1. The van der Waals surface area contributed by atoms with Gasteiger partial charge in [-0.05, 0) is 0 Å². The van der Waals surface area contributed by atoms with Gasteiger partial charge in [-0.15, -0.1) is 0 Å². The van der Waals surface area contributed by atoms with E-state index in [2.05, 4.69) is 4.72 Å². The summed E-state index contributed by atoms with van der Waals surface area (Å²) < 4.78 is 36.5. The summed E-state index contributed by atoms with van der Waals surface area (Å²) in [7, 11) is -3.54. The van der Waals surface area contributed by atoms with Crippen molar-refractivity contribution in [1.82, 2.24) is 4.72 Å². The number of hydrogen-bond donors (Lipinski definition) is 2. The van der Waals surface area contributed by atoms with Crippen LogP contribution in [0.1, 0.15) is 0 Å². The van der Waals surface area contributed by atoms with Crippen molar-refractivity contribution < 1.29 is 17.3 Å². The Morgan fingerprint density at radius 3 is 2.33 bits per heavy atom. The molecule has 84 valence electrons. The van der Waals surface area contributed by atoms with Crippen LogP contribution in [0.15, 0.2) is 29.2 Å². The summed E-state index contributed by atoms with van der Waals surface area (Å²) in [6.45, 7) is -0.257. The molecule has 1 atom stereocenters. The Bertz CT molecular complexity index is 428. The van der Waals surface area contributed by atoms with E-state index < -0.39 is 25.7 Å². The van der Waals surface area contributed by atoms with Crippen molar-refractivity contribution in [3.8, 4) is 0 Å². The Morgan fingerprint density at radius 2 is 1.87 bits per heavy atom. The standard InChI is InChI=1S/C8H12AsNO4S/c11-6-5-10-15(13,14)8-3-1-7(9-12)2-4-8/h1-4,10-11H,5-6,9H2. The van der Waals surface area contributed by atoms with Gasteiger partial charge in [0.05, 0.1) is 0 Å². The predicted molar refractivity (Wildman–Crippen MR) is 57.6 cm³/mol. The molecule has 5 nitrogen and oxygen atoms in total. The maximum absolute atomic E-state index is 11.5. The molecule has 15 heavy (non-hydrogen) atoms. The zero-order chi connectivity index (χ0) is 11.3. The molecule has 0 aliphatic heterocycles. The maximum atomic E-state index is 11.5. The fraction of sp³-hybridized carbons (Fsp3) is 0.250. The van der Waals surface area contributed by atoms with E-state index in [1.807, 2.05) is 0 Å². The average Bonchev–Trinajstić information content (AvgIpc) is 2.26. The van der Waals surface area contributed by atoms with Gasteiger partial charge < -0.3 is 0 Å². The van der Waals surface area contributed by atoms with Crippen LogP contribution in [-0.4, -0.2) is 42.4 Å². The van der Waals surface area contributed by atoms with Crippen LogP contribution in [0, 0.1) is 0 Å². The molecule has 0 aliphatic carbocycles. The van der Waals surface area contributed by atoms with Crippen LogP contribution in [0.3, 0.4) is 0 Å². The van der Waals surface area contributed by atoms with Gasteiger partial charge in [0.1, 0.15) is 0 Å². The SMILES string of the molecule is O=[AsH2]c1ccc(S(=O)(=O)NCCO)cc1. The van der Waals surface area contributed by atoms with Crippen LogP contribution in [-0.2, 0) is 13.8 Å². The molecule has 0 heterocycles. The average molecular weight is 293 g/mol. The van der Waals surface area contributed by atoms with Gasteiger partial charge >= 0.3 is 94.4 Å². The molecule has 0 aliphatic rings. The fourth-order valence-electron chi connectivity index (χ4n) is 0.989. The van der Waals surface area contributed by atoms with Crippen LogP contribution < -0.4 is 9.07 Å². The predicted octanol–water partition coefficient (Wildman–Crippen LogP) is -1.90. The van der Waals surface area contributed by atoms with Crippen molar-refractivity contribution in [3.05, 3.63) is 24.3 Å². The van der Waals surface area contributed by atoms with Gasteiger partial charge in [-0.2, -0.15) is 0 Å². The number of aliphatic hydroxyl groups excluding tert-OH is 1. The van der Waals surface area contributed by atoms with Crippen molar-refractivity contribution in [2.45, 2.75) is 4.90 Å². The van der Waals surface area contributed by atoms with Crippen molar-refractivity contribution in [2.24, 2.45) is 0 Å². The summed E-state index contributed by atoms with van der Waals surface area (Å²) in [4.78, 5) is 0.116. The van der Waals surface area contributed by atoms with Crippen LogP contribution in [0.4, 0.5) is 0 Å². The van der Waals surface area contributed by atoms with E-state index in [4.69, 9.17) is 5.11 Å². The normalized spacial score (nSPS) is 12.3. The molecule has 1 rings (SSSR count). The Balaban J connectivity index is 2.90. The number of rotatable bonds is 5. The van der Waals surface area contributed by atoms with Crippen molar-refractivity contribution in [2.75, 3.05) is 13.2 Å². The summed E-state index contributed by atoms with van der Waals surface area (Å²) in [5.41, 5.74) is 0. The molecule has 0 spiro atoms. The van der Waals surface area contributed by atoms with Gasteiger partial charge in [0, 0.05) is 0 Å². The summed E-state index contributed by atoms with van der Waals surface area (Å²) >= 11 is -1.63. The second-order valence-electron chi connectivity index (χ2n) is 2.81. The topological polar surface area (TPSA) is 83.5 Å². The van der Waals surface area contributed by atoms with E-state index in [9.17, 15) is 12.2 Å². The van der Waals surface area contributed by atoms with E-state index in [1.165, 1.54) is 12.1 Å². The summed E-state index contributed by atoms with van der Waals surface area (Å²) in [6, 6.07) is 5.90. The molecule has 0 radical (unpaired) electrons. The molecule has 1 unspecified atom stereocenters.